The Balaban J connectivity index is 1.14. The number of hydrogen-bond acceptors (Lipinski definition) is 5. The maximum absolute atomic E-state index is 13.0. The Morgan fingerprint density at radius 2 is 1.44 bits per heavy atom. The largest absolute Gasteiger partial charge is 0.339 e. The summed E-state index contributed by atoms with van der Waals surface area (Å²) in [6.45, 7) is 2.66. The highest BCUT2D eigenvalue weighted by atomic mass is 16.2. The fourth-order valence-electron chi connectivity index (χ4n) is 6.64. The first-order valence-electron chi connectivity index (χ1n) is 10.3. The number of amides is 2. The fourth-order valence-corrected chi connectivity index (χ4v) is 6.64. The molecule has 6 rings (SSSR count). The summed E-state index contributed by atoms with van der Waals surface area (Å²) in [7, 11) is 0. The highest BCUT2D eigenvalue weighted by molar-refractivity contribution is 5.79. The number of carbonyl (C=O) groups excluding carboxylic acids is 2. The SMILES string of the molecule is O=C(Cn1cnnn1)N1CCN(C(=O)CC23CC4CC(CC(C4)C2)C3)CC1. The van der Waals surface area contributed by atoms with Crippen molar-refractivity contribution >= 4 is 11.8 Å². The summed E-state index contributed by atoms with van der Waals surface area (Å²) >= 11 is 0. The topological polar surface area (TPSA) is 84.2 Å². The standard InChI is InChI=1S/C19H28N6O2/c26-17(11-19-8-14-5-15(9-19)7-16(6-14)10-19)23-1-3-24(4-2-23)18(27)12-25-13-20-21-22-25/h13-16H,1-12H2. The number of aromatic nitrogens is 4. The van der Waals surface area contributed by atoms with Gasteiger partial charge in [0.1, 0.15) is 12.9 Å². The fraction of sp³-hybridized carbons (Fsp3) is 0.842. The maximum atomic E-state index is 13.0. The summed E-state index contributed by atoms with van der Waals surface area (Å²) in [6.07, 6.45) is 10.2. The minimum Gasteiger partial charge on any atom is -0.339 e. The van der Waals surface area contributed by atoms with Crippen LogP contribution in [0.2, 0.25) is 0 Å². The third kappa shape index (κ3) is 3.34. The molecule has 1 saturated heterocycles. The number of hydrogen-bond donors (Lipinski definition) is 0. The van der Waals surface area contributed by atoms with Crippen LogP contribution in [0.1, 0.15) is 44.9 Å². The smallest absolute Gasteiger partial charge is 0.244 e. The van der Waals surface area contributed by atoms with Crippen LogP contribution in [0.25, 0.3) is 0 Å². The van der Waals surface area contributed by atoms with Gasteiger partial charge in [0.2, 0.25) is 11.8 Å². The molecule has 8 nitrogen and oxygen atoms in total. The van der Waals surface area contributed by atoms with E-state index in [0.717, 1.165) is 24.2 Å². The molecule has 146 valence electrons. The van der Waals surface area contributed by atoms with Crippen LogP contribution in [0.15, 0.2) is 6.33 Å². The normalized spacial score (nSPS) is 34.9. The minimum absolute atomic E-state index is 0.00971. The van der Waals surface area contributed by atoms with Gasteiger partial charge in [0.05, 0.1) is 0 Å². The molecular formula is C19H28N6O2. The molecule has 4 aliphatic carbocycles. The van der Waals surface area contributed by atoms with Gasteiger partial charge in [0.25, 0.3) is 0 Å². The lowest BCUT2D eigenvalue weighted by atomic mass is 9.49. The van der Waals surface area contributed by atoms with Crippen molar-refractivity contribution < 1.29 is 9.59 Å². The van der Waals surface area contributed by atoms with Crippen molar-refractivity contribution in [2.24, 2.45) is 23.2 Å². The number of tetrazole rings is 1. The number of rotatable bonds is 4. The Labute approximate surface area is 159 Å². The van der Waals surface area contributed by atoms with Crippen molar-refractivity contribution in [3.63, 3.8) is 0 Å². The zero-order chi connectivity index (χ0) is 18.4. The van der Waals surface area contributed by atoms with Gasteiger partial charge in [-0.05, 0) is 72.1 Å². The second-order valence-electron chi connectivity index (χ2n) is 9.36. The first-order chi connectivity index (χ1) is 13.1. The van der Waals surface area contributed by atoms with Gasteiger partial charge in [0, 0.05) is 32.6 Å². The van der Waals surface area contributed by atoms with Gasteiger partial charge in [-0.15, -0.1) is 5.10 Å². The number of piperazine rings is 1. The van der Waals surface area contributed by atoms with Crippen LogP contribution in [0, 0.1) is 23.2 Å². The summed E-state index contributed by atoms with van der Waals surface area (Å²) in [5.41, 5.74) is 0.291. The van der Waals surface area contributed by atoms with E-state index in [-0.39, 0.29) is 12.5 Å². The molecule has 8 heteroatoms. The van der Waals surface area contributed by atoms with Crippen LogP contribution in [0.3, 0.4) is 0 Å². The van der Waals surface area contributed by atoms with Crippen LogP contribution in [-0.4, -0.2) is 68.0 Å². The first-order valence-corrected chi connectivity index (χ1v) is 10.3. The molecule has 0 unspecified atom stereocenters. The van der Waals surface area contributed by atoms with Gasteiger partial charge >= 0.3 is 0 Å². The Morgan fingerprint density at radius 3 is 1.96 bits per heavy atom. The Bertz CT molecular complexity index is 675. The molecule has 0 atom stereocenters. The van der Waals surface area contributed by atoms with Crippen molar-refractivity contribution in [2.45, 2.75) is 51.5 Å². The van der Waals surface area contributed by atoms with Gasteiger partial charge in [-0.1, -0.05) is 0 Å². The molecule has 0 N–H and O–H groups in total. The van der Waals surface area contributed by atoms with Gasteiger partial charge in [0.15, 0.2) is 0 Å². The van der Waals surface area contributed by atoms with Gasteiger partial charge in [-0.3, -0.25) is 9.59 Å². The van der Waals surface area contributed by atoms with E-state index in [1.807, 2.05) is 9.80 Å². The molecule has 0 radical (unpaired) electrons. The highest BCUT2D eigenvalue weighted by Gasteiger charge is 2.51. The third-order valence-electron chi connectivity index (χ3n) is 7.37. The van der Waals surface area contributed by atoms with E-state index in [1.54, 1.807) is 0 Å². The van der Waals surface area contributed by atoms with Crippen molar-refractivity contribution in [3.8, 4) is 0 Å². The predicted molar refractivity (Wildman–Crippen MR) is 96.2 cm³/mol. The third-order valence-corrected chi connectivity index (χ3v) is 7.37. The molecule has 4 saturated carbocycles. The van der Waals surface area contributed by atoms with Crippen LogP contribution in [-0.2, 0) is 16.1 Å². The molecule has 1 aromatic rings. The molecule has 0 spiro atoms. The van der Waals surface area contributed by atoms with Crippen molar-refractivity contribution in [2.75, 3.05) is 26.2 Å². The van der Waals surface area contributed by atoms with E-state index in [2.05, 4.69) is 15.5 Å². The summed E-state index contributed by atoms with van der Waals surface area (Å²) < 4.78 is 1.44. The van der Waals surface area contributed by atoms with Crippen LogP contribution >= 0.6 is 0 Å². The van der Waals surface area contributed by atoms with Crippen molar-refractivity contribution in [1.82, 2.24) is 30.0 Å². The van der Waals surface area contributed by atoms with E-state index in [0.29, 0.717) is 37.5 Å². The number of carbonyl (C=O) groups is 2. The summed E-state index contributed by atoms with van der Waals surface area (Å²) in [6, 6.07) is 0. The van der Waals surface area contributed by atoms with Gasteiger partial charge in [-0.25, -0.2) is 4.68 Å². The van der Waals surface area contributed by atoms with E-state index in [1.165, 1.54) is 49.5 Å². The van der Waals surface area contributed by atoms with E-state index < -0.39 is 0 Å². The molecule has 0 aromatic carbocycles. The van der Waals surface area contributed by atoms with Crippen LogP contribution in [0.5, 0.6) is 0 Å². The average Bonchev–Trinajstić information content (AvgIpc) is 3.13. The van der Waals surface area contributed by atoms with Gasteiger partial charge < -0.3 is 9.80 Å². The van der Waals surface area contributed by atoms with E-state index in [4.69, 9.17) is 0 Å². The molecule has 1 aromatic heterocycles. The predicted octanol–water partition coefficient (Wildman–Crippen LogP) is 0.950. The molecule has 5 fully saturated rings. The summed E-state index contributed by atoms with van der Waals surface area (Å²) in [4.78, 5) is 29.2. The Kier molecular flexibility index (Phi) is 4.16. The first kappa shape index (κ1) is 17.1. The zero-order valence-electron chi connectivity index (χ0n) is 15.8. The summed E-state index contributed by atoms with van der Waals surface area (Å²) in [5.74, 6) is 2.96. The maximum Gasteiger partial charge on any atom is 0.244 e. The monoisotopic (exact) mass is 372 g/mol. The molecule has 27 heavy (non-hydrogen) atoms. The minimum atomic E-state index is 0.00971. The van der Waals surface area contributed by atoms with Crippen LogP contribution in [0.4, 0.5) is 0 Å². The Morgan fingerprint density at radius 1 is 0.889 bits per heavy atom. The van der Waals surface area contributed by atoms with Crippen LogP contribution < -0.4 is 0 Å². The lowest BCUT2D eigenvalue weighted by Crippen LogP contribution is -2.53. The number of nitrogens with zero attached hydrogens (tertiary/aromatic N) is 6. The van der Waals surface area contributed by atoms with E-state index >= 15 is 0 Å². The molecule has 2 amide bonds. The molecule has 4 bridgehead atoms. The second kappa shape index (κ2) is 6.56. The summed E-state index contributed by atoms with van der Waals surface area (Å²) in [5, 5.41) is 10.8. The second-order valence-corrected chi connectivity index (χ2v) is 9.36. The Hall–Kier alpha value is -1.99. The van der Waals surface area contributed by atoms with E-state index in [9.17, 15) is 9.59 Å². The average molecular weight is 372 g/mol. The molecule has 1 aliphatic heterocycles. The van der Waals surface area contributed by atoms with Crippen molar-refractivity contribution in [1.29, 1.82) is 0 Å². The molecular weight excluding hydrogens is 344 g/mol. The quantitative estimate of drug-likeness (QED) is 0.786. The lowest BCUT2D eigenvalue weighted by Gasteiger charge is -2.57. The molecule has 2 heterocycles. The van der Waals surface area contributed by atoms with Gasteiger partial charge in [-0.2, -0.15) is 0 Å². The highest BCUT2D eigenvalue weighted by Crippen LogP contribution is 2.61. The zero-order valence-corrected chi connectivity index (χ0v) is 15.8. The molecule has 5 aliphatic rings. The lowest BCUT2D eigenvalue weighted by molar-refractivity contribution is -0.145. The van der Waals surface area contributed by atoms with Crippen molar-refractivity contribution in [3.05, 3.63) is 6.33 Å².